The highest BCUT2D eigenvalue weighted by molar-refractivity contribution is 6.06. The summed E-state index contributed by atoms with van der Waals surface area (Å²) < 4.78 is 17.5. The molecule has 7 unspecified atom stereocenters. The van der Waals surface area contributed by atoms with Crippen LogP contribution >= 0.6 is 0 Å². The first-order chi connectivity index (χ1) is 22.5. The zero-order valence-electron chi connectivity index (χ0n) is 26.7. The van der Waals surface area contributed by atoms with Crippen molar-refractivity contribution in [2.75, 3.05) is 19.8 Å². The molecule has 2 aliphatic carbocycles. The smallest absolute Gasteiger partial charge is 0.343 e. The molecular weight excluding hydrogens is 604 g/mol. The molecule has 1 saturated heterocycles. The van der Waals surface area contributed by atoms with E-state index in [1.54, 1.807) is 18.4 Å². The lowest BCUT2D eigenvalue weighted by atomic mass is 9.46. The van der Waals surface area contributed by atoms with E-state index < -0.39 is 54.8 Å². The molecule has 5 aliphatic rings. The molecule has 11 nitrogen and oxygen atoms in total. The molecule has 10 atom stereocenters. The van der Waals surface area contributed by atoms with E-state index in [1.165, 1.54) is 0 Å². The first kappa shape index (κ1) is 33.6. The minimum Gasteiger partial charge on any atom is -0.423 e. The number of allylic oxidation sites excluding steroid dienone is 3. The quantitative estimate of drug-likeness (QED) is 0.161. The lowest BCUT2D eigenvalue weighted by Crippen LogP contribution is -2.63. The van der Waals surface area contributed by atoms with Crippen LogP contribution in [0, 0.1) is 22.7 Å². The molecule has 2 saturated carbocycles. The molecule has 5 N–H and O–H groups in total. The van der Waals surface area contributed by atoms with E-state index in [-0.39, 0.29) is 23.9 Å². The van der Waals surface area contributed by atoms with Gasteiger partial charge in [-0.2, -0.15) is 0 Å². The first-order valence-electron chi connectivity index (χ1n) is 16.2. The Morgan fingerprint density at radius 1 is 1.09 bits per heavy atom. The fraction of sp³-hybridized carbons (Fsp3) is 0.528. The summed E-state index contributed by atoms with van der Waals surface area (Å²) in [5.74, 6) is 0.615. The molecule has 1 aromatic rings. The van der Waals surface area contributed by atoms with Crippen molar-refractivity contribution < 1.29 is 44.5 Å². The number of hydrogen-bond donors (Lipinski definition) is 5. The second kappa shape index (κ2) is 13.3. The molecule has 3 heterocycles. The normalized spacial score (nSPS) is 39.7. The molecular formula is C36H44N2O9. The van der Waals surface area contributed by atoms with Gasteiger partial charge in [0, 0.05) is 23.1 Å². The summed E-state index contributed by atoms with van der Waals surface area (Å²) in [5.41, 5.74) is 2.22. The Morgan fingerprint density at radius 2 is 1.85 bits per heavy atom. The van der Waals surface area contributed by atoms with Crippen molar-refractivity contribution in [3.8, 4) is 0 Å². The van der Waals surface area contributed by atoms with Crippen molar-refractivity contribution in [2.45, 2.75) is 76.3 Å². The maximum Gasteiger partial charge on any atom is 0.343 e. The van der Waals surface area contributed by atoms with Crippen LogP contribution in [-0.4, -0.2) is 100 Å². The van der Waals surface area contributed by atoms with Crippen LogP contribution in [0.3, 0.4) is 0 Å². The van der Waals surface area contributed by atoms with Gasteiger partial charge in [-0.15, -0.1) is 0 Å². The third-order valence-corrected chi connectivity index (χ3v) is 10.9. The van der Waals surface area contributed by atoms with Crippen LogP contribution in [-0.2, 0) is 19.0 Å². The molecule has 252 valence electrons. The van der Waals surface area contributed by atoms with Gasteiger partial charge < -0.3 is 39.7 Å². The number of rotatable bonds is 8. The number of esters is 1. The largest absolute Gasteiger partial charge is 0.423 e. The second-order valence-electron chi connectivity index (χ2n) is 13.8. The number of hydrogen-bond acceptors (Lipinski definition) is 11. The van der Waals surface area contributed by atoms with E-state index in [0.717, 1.165) is 29.5 Å². The molecule has 0 amide bonds. The van der Waals surface area contributed by atoms with Gasteiger partial charge in [-0.05, 0) is 54.7 Å². The number of aliphatic imine (C=N–C) groups is 2. The van der Waals surface area contributed by atoms with E-state index in [0.29, 0.717) is 36.6 Å². The Labute approximate surface area is 274 Å². The molecule has 11 heteroatoms. The predicted molar refractivity (Wildman–Crippen MR) is 174 cm³/mol. The summed E-state index contributed by atoms with van der Waals surface area (Å²) in [6.45, 7) is 8.40. The standard InChI is InChI=1S/C36H44N2O9/c1-20-4-11-27-35(2,13-12-28(36(27,3)19-40)47-34-31(43)30(42)29(41)26(18-39)46-34)25(20)10-9-23-17-24(45-33(23)44)16-21-5-7-22(8-6-21)32-37-14-15-38-32/h5-10,14,16-17,25-31,34,39-43H,1,4,11-13,15,18-19H2,2-3H3/b10-9+,24-16+/t25?,26?,27?,28-,29?,30?,31?,34?,35-,36+/m1/s1. The highest BCUT2D eigenvalue weighted by Crippen LogP contribution is 2.62. The Morgan fingerprint density at radius 3 is 2.53 bits per heavy atom. The molecule has 3 aliphatic heterocycles. The van der Waals surface area contributed by atoms with Crippen molar-refractivity contribution in [2.24, 2.45) is 32.7 Å². The molecule has 0 spiro atoms. The van der Waals surface area contributed by atoms with Crippen LogP contribution in [0.15, 0.2) is 76.0 Å². The fourth-order valence-corrected chi connectivity index (χ4v) is 8.19. The van der Waals surface area contributed by atoms with Gasteiger partial charge >= 0.3 is 5.97 Å². The number of amidine groups is 1. The first-order valence-corrected chi connectivity index (χ1v) is 16.2. The molecule has 0 radical (unpaired) electrons. The summed E-state index contributed by atoms with van der Waals surface area (Å²) in [6, 6.07) is 7.73. The van der Waals surface area contributed by atoms with E-state index >= 15 is 0 Å². The number of aliphatic hydroxyl groups is 5. The lowest BCUT2D eigenvalue weighted by molar-refractivity contribution is -0.329. The highest BCUT2D eigenvalue weighted by Gasteiger charge is 2.59. The number of carbonyl (C=O) groups is 1. The van der Waals surface area contributed by atoms with Gasteiger partial charge in [0.25, 0.3) is 0 Å². The Balaban J connectivity index is 1.18. The van der Waals surface area contributed by atoms with Crippen LogP contribution in [0.4, 0.5) is 0 Å². The molecule has 6 rings (SSSR count). The Kier molecular flexibility index (Phi) is 9.52. The summed E-state index contributed by atoms with van der Waals surface area (Å²) >= 11 is 0. The summed E-state index contributed by atoms with van der Waals surface area (Å²) in [5, 5.41) is 51.6. The van der Waals surface area contributed by atoms with Crippen LogP contribution in [0.5, 0.6) is 0 Å². The van der Waals surface area contributed by atoms with Crippen LogP contribution in [0.1, 0.15) is 50.7 Å². The zero-order chi connectivity index (χ0) is 33.5. The average Bonchev–Trinajstić information content (AvgIpc) is 3.72. The lowest BCUT2D eigenvalue weighted by Gasteiger charge is -2.60. The van der Waals surface area contributed by atoms with Gasteiger partial charge in [0.2, 0.25) is 0 Å². The Hall–Kier alpha value is -3.29. The maximum atomic E-state index is 12.8. The summed E-state index contributed by atoms with van der Waals surface area (Å²) in [6.07, 6.45) is 4.39. The number of cyclic esters (lactones) is 1. The highest BCUT2D eigenvalue weighted by atomic mass is 16.7. The van der Waals surface area contributed by atoms with E-state index in [2.05, 4.69) is 23.5 Å². The topological polar surface area (TPSA) is 171 Å². The van der Waals surface area contributed by atoms with Crippen molar-refractivity contribution in [1.29, 1.82) is 0 Å². The third-order valence-electron chi connectivity index (χ3n) is 10.9. The van der Waals surface area contributed by atoms with E-state index in [4.69, 9.17) is 14.2 Å². The molecule has 0 aromatic heterocycles. The molecule has 1 aromatic carbocycles. The minimum atomic E-state index is -1.55. The number of ether oxygens (including phenoxy) is 3. The Bertz CT molecular complexity index is 1530. The zero-order valence-corrected chi connectivity index (χ0v) is 26.7. The van der Waals surface area contributed by atoms with Gasteiger partial charge in [-0.1, -0.05) is 62.4 Å². The van der Waals surface area contributed by atoms with Crippen LogP contribution in [0.2, 0.25) is 0 Å². The molecule has 3 fully saturated rings. The second-order valence-corrected chi connectivity index (χ2v) is 13.8. The van der Waals surface area contributed by atoms with Crippen molar-refractivity contribution in [3.05, 3.63) is 77.1 Å². The monoisotopic (exact) mass is 648 g/mol. The van der Waals surface area contributed by atoms with Gasteiger partial charge in [0.05, 0.1) is 31.4 Å². The fourth-order valence-electron chi connectivity index (χ4n) is 8.19. The molecule has 0 bridgehead atoms. The van der Waals surface area contributed by atoms with E-state index in [1.807, 2.05) is 43.3 Å². The number of carbonyl (C=O) groups excluding carboxylic acids is 1. The van der Waals surface area contributed by atoms with E-state index in [9.17, 15) is 30.3 Å². The van der Waals surface area contributed by atoms with Crippen molar-refractivity contribution >= 4 is 24.1 Å². The molecule has 47 heavy (non-hydrogen) atoms. The average molecular weight is 649 g/mol. The van der Waals surface area contributed by atoms with Gasteiger partial charge in [0.15, 0.2) is 12.1 Å². The summed E-state index contributed by atoms with van der Waals surface area (Å²) in [7, 11) is 0. The van der Waals surface area contributed by atoms with Gasteiger partial charge in [-0.25, -0.2) is 9.79 Å². The number of nitrogens with zero attached hydrogens (tertiary/aromatic N) is 2. The van der Waals surface area contributed by atoms with Gasteiger partial charge in [0.1, 0.15) is 30.2 Å². The van der Waals surface area contributed by atoms with Crippen LogP contribution < -0.4 is 0 Å². The third kappa shape index (κ3) is 6.22. The maximum absolute atomic E-state index is 12.8. The minimum absolute atomic E-state index is 0.0207. The van der Waals surface area contributed by atoms with Crippen LogP contribution in [0.25, 0.3) is 6.08 Å². The van der Waals surface area contributed by atoms with Gasteiger partial charge in [-0.3, -0.25) is 4.99 Å². The number of benzene rings is 1. The van der Waals surface area contributed by atoms with Crippen molar-refractivity contribution in [1.82, 2.24) is 0 Å². The SMILES string of the molecule is C=C1CCC2[C@](C)(CC[C@@H](OC3OC(CO)C(O)C(O)C3O)[C@@]2(C)CO)C1/C=C/C1=CC(=C\c2ccc(C3=NCC=N3)cc2)/OC1=O. The van der Waals surface area contributed by atoms with Crippen molar-refractivity contribution in [3.63, 3.8) is 0 Å². The number of aliphatic hydroxyl groups excluding tert-OH is 5. The number of fused-ring (bicyclic) bond motifs is 1. The predicted octanol–water partition coefficient (Wildman–Crippen LogP) is 2.46. The summed E-state index contributed by atoms with van der Waals surface area (Å²) in [4.78, 5) is 21.5.